The molecule has 3 nitrogen and oxygen atoms in total. The lowest BCUT2D eigenvalue weighted by Crippen LogP contribution is -2.26. The molecule has 0 bridgehead atoms. The fourth-order valence-electron chi connectivity index (χ4n) is 1.86. The van der Waals surface area contributed by atoms with E-state index in [0.29, 0.717) is 10.7 Å². The Kier molecular flexibility index (Phi) is 2.74. The summed E-state index contributed by atoms with van der Waals surface area (Å²) in [7, 11) is 1.76. The van der Waals surface area contributed by atoms with Gasteiger partial charge >= 0.3 is 0 Å². The molecule has 0 spiro atoms. The number of benzene rings is 1. The molecule has 1 unspecified atom stereocenters. The second-order valence-electron chi connectivity index (χ2n) is 3.90. The minimum Gasteiger partial charge on any atom is -0.379 e. The van der Waals surface area contributed by atoms with Gasteiger partial charge in [0.2, 0.25) is 0 Å². The van der Waals surface area contributed by atoms with Gasteiger partial charge in [-0.3, -0.25) is 4.68 Å². The number of nitrogens with zero attached hydrogens (tertiary/aromatic N) is 2. The summed E-state index contributed by atoms with van der Waals surface area (Å²) in [6.07, 6.45) is 1.54. The Morgan fingerprint density at radius 1 is 1.31 bits per heavy atom. The van der Waals surface area contributed by atoms with Crippen LogP contribution < -0.4 is 0 Å². The molecule has 16 heavy (non-hydrogen) atoms. The van der Waals surface area contributed by atoms with Crippen LogP contribution in [0.4, 0.5) is 0 Å². The Bertz CT molecular complexity index is 471. The molecule has 84 valence electrons. The Hall–Kier alpha value is -1.32. The van der Waals surface area contributed by atoms with Crippen molar-refractivity contribution in [2.24, 2.45) is 7.05 Å². The smallest absolute Gasteiger partial charge is 0.130 e. The van der Waals surface area contributed by atoms with Crippen LogP contribution in [0.5, 0.6) is 0 Å². The highest BCUT2D eigenvalue weighted by Crippen LogP contribution is 2.33. The molecule has 0 radical (unpaired) electrons. The number of halogens is 1. The van der Waals surface area contributed by atoms with E-state index in [2.05, 4.69) is 5.10 Å². The van der Waals surface area contributed by atoms with Crippen molar-refractivity contribution in [1.29, 1.82) is 0 Å². The maximum atomic E-state index is 10.6. The topological polar surface area (TPSA) is 38.0 Å². The second-order valence-corrected chi connectivity index (χ2v) is 4.31. The molecule has 1 atom stereocenters. The van der Waals surface area contributed by atoms with Gasteiger partial charge in [-0.2, -0.15) is 5.10 Å². The van der Waals surface area contributed by atoms with Gasteiger partial charge in [0, 0.05) is 7.05 Å². The first-order valence-electron chi connectivity index (χ1n) is 4.99. The van der Waals surface area contributed by atoms with Crippen LogP contribution in [-0.2, 0) is 12.6 Å². The van der Waals surface area contributed by atoms with E-state index in [1.807, 2.05) is 30.3 Å². The molecule has 0 amide bonds. The summed E-state index contributed by atoms with van der Waals surface area (Å²) >= 11 is 6.04. The van der Waals surface area contributed by atoms with Crippen LogP contribution in [-0.4, -0.2) is 14.9 Å². The van der Waals surface area contributed by atoms with Gasteiger partial charge in [0.05, 0.1) is 16.9 Å². The first kappa shape index (κ1) is 11.2. The molecule has 0 aliphatic heterocycles. The highest BCUT2D eigenvalue weighted by molar-refractivity contribution is 6.31. The molecule has 0 saturated carbocycles. The Morgan fingerprint density at radius 2 is 1.94 bits per heavy atom. The molecule has 0 aliphatic rings. The molecule has 4 heteroatoms. The predicted octanol–water partition coefficient (Wildman–Crippen LogP) is 2.33. The molecule has 0 aliphatic carbocycles. The third-order valence-electron chi connectivity index (χ3n) is 2.69. The van der Waals surface area contributed by atoms with Crippen molar-refractivity contribution in [2.45, 2.75) is 12.5 Å². The molecule has 2 aromatic rings. The van der Waals surface area contributed by atoms with E-state index in [1.54, 1.807) is 18.7 Å². The number of aromatic nitrogens is 2. The third kappa shape index (κ3) is 1.72. The first-order chi connectivity index (χ1) is 7.53. The van der Waals surface area contributed by atoms with E-state index in [4.69, 9.17) is 11.6 Å². The van der Waals surface area contributed by atoms with Crippen molar-refractivity contribution in [3.8, 4) is 0 Å². The summed E-state index contributed by atoms with van der Waals surface area (Å²) in [5, 5.41) is 15.1. The van der Waals surface area contributed by atoms with Crippen molar-refractivity contribution in [3.05, 3.63) is 52.8 Å². The zero-order valence-electron chi connectivity index (χ0n) is 9.18. The average molecular weight is 237 g/mol. The molecule has 1 N–H and O–H groups in total. The van der Waals surface area contributed by atoms with Crippen LogP contribution in [0.25, 0.3) is 0 Å². The number of aliphatic hydroxyl groups is 1. The quantitative estimate of drug-likeness (QED) is 0.869. The van der Waals surface area contributed by atoms with E-state index in [-0.39, 0.29) is 0 Å². The van der Waals surface area contributed by atoms with Crippen LogP contribution >= 0.6 is 11.6 Å². The summed E-state index contributed by atoms with van der Waals surface area (Å²) in [4.78, 5) is 0. The third-order valence-corrected chi connectivity index (χ3v) is 2.97. The molecule has 1 heterocycles. The van der Waals surface area contributed by atoms with Gasteiger partial charge in [-0.05, 0) is 12.5 Å². The zero-order valence-corrected chi connectivity index (χ0v) is 9.94. The standard InChI is InChI=1S/C12H13ClN2O/c1-12(16,9-6-4-3-5-7-9)11-10(13)8-14-15(11)2/h3-8,16H,1-2H3. The molecular formula is C12H13ClN2O. The number of aryl methyl sites for hydroxylation is 1. The van der Waals surface area contributed by atoms with E-state index < -0.39 is 5.60 Å². The maximum absolute atomic E-state index is 10.6. The average Bonchev–Trinajstić information content (AvgIpc) is 2.60. The molecule has 0 fully saturated rings. The molecular weight excluding hydrogens is 224 g/mol. The minimum atomic E-state index is -1.14. The number of hydrogen-bond acceptors (Lipinski definition) is 2. The molecule has 1 aromatic heterocycles. The SMILES string of the molecule is Cn1ncc(Cl)c1C(C)(O)c1ccccc1. The normalized spacial score (nSPS) is 14.8. The van der Waals surface area contributed by atoms with Crippen LogP contribution in [0, 0.1) is 0 Å². The van der Waals surface area contributed by atoms with E-state index in [1.165, 1.54) is 6.20 Å². The predicted molar refractivity (Wildman–Crippen MR) is 63.3 cm³/mol. The van der Waals surface area contributed by atoms with Gasteiger partial charge in [0.25, 0.3) is 0 Å². The second kappa shape index (κ2) is 3.92. The van der Waals surface area contributed by atoms with Gasteiger partial charge in [0.15, 0.2) is 0 Å². The van der Waals surface area contributed by atoms with Gasteiger partial charge < -0.3 is 5.11 Å². The van der Waals surface area contributed by atoms with Crippen molar-refractivity contribution in [1.82, 2.24) is 9.78 Å². The summed E-state index contributed by atoms with van der Waals surface area (Å²) in [6, 6.07) is 9.40. The van der Waals surface area contributed by atoms with Crippen molar-refractivity contribution >= 4 is 11.6 Å². The zero-order chi connectivity index (χ0) is 11.8. The molecule has 0 saturated heterocycles. The monoisotopic (exact) mass is 236 g/mol. The van der Waals surface area contributed by atoms with E-state index in [9.17, 15) is 5.11 Å². The Morgan fingerprint density at radius 3 is 2.44 bits per heavy atom. The lowest BCUT2D eigenvalue weighted by Gasteiger charge is -2.24. The van der Waals surface area contributed by atoms with Gasteiger partial charge in [-0.15, -0.1) is 0 Å². The molecule has 2 rings (SSSR count). The largest absolute Gasteiger partial charge is 0.379 e. The van der Waals surface area contributed by atoms with Gasteiger partial charge in [0.1, 0.15) is 5.60 Å². The van der Waals surface area contributed by atoms with Crippen molar-refractivity contribution in [2.75, 3.05) is 0 Å². The highest BCUT2D eigenvalue weighted by Gasteiger charge is 2.31. The van der Waals surface area contributed by atoms with Crippen LogP contribution in [0.3, 0.4) is 0 Å². The fourth-order valence-corrected chi connectivity index (χ4v) is 2.21. The van der Waals surface area contributed by atoms with Crippen LogP contribution in [0.2, 0.25) is 5.02 Å². The summed E-state index contributed by atoms with van der Waals surface area (Å²) in [5.41, 5.74) is 0.254. The van der Waals surface area contributed by atoms with Crippen LogP contribution in [0.1, 0.15) is 18.2 Å². The van der Waals surface area contributed by atoms with Crippen LogP contribution in [0.15, 0.2) is 36.5 Å². The Balaban J connectivity index is 2.55. The Labute approximate surface area is 99.3 Å². The lowest BCUT2D eigenvalue weighted by molar-refractivity contribution is 0.0930. The minimum absolute atomic E-state index is 0.469. The number of hydrogen-bond donors (Lipinski definition) is 1. The van der Waals surface area contributed by atoms with E-state index >= 15 is 0 Å². The lowest BCUT2D eigenvalue weighted by atomic mass is 9.92. The maximum Gasteiger partial charge on any atom is 0.130 e. The first-order valence-corrected chi connectivity index (χ1v) is 5.37. The number of rotatable bonds is 2. The van der Waals surface area contributed by atoms with Crippen molar-refractivity contribution < 1.29 is 5.11 Å². The fraction of sp³-hybridized carbons (Fsp3) is 0.250. The molecule has 1 aromatic carbocycles. The summed E-state index contributed by atoms with van der Waals surface area (Å²) in [5.74, 6) is 0. The summed E-state index contributed by atoms with van der Waals surface area (Å²) < 4.78 is 1.59. The van der Waals surface area contributed by atoms with Gasteiger partial charge in [-0.25, -0.2) is 0 Å². The van der Waals surface area contributed by atoms with E-state index in [0.717, 1.165) is 5.56 Å². The summed E-state index contributed by atoms with van der Waals surface area (Å²) in [6.45, 7) is 1.71. The van der Waals surface area contributed by atoms with Gasteiger partial charge in [-0.1, -0.05) is 41.9 Å². The van der Waals surface area contributed by atoms with Crippen molar-refractivity contribution in [3.63, 3.8) is 0 Å². The highest BCUT2D eigenvalue weighted by atomic mass is 35.5.